The van der Waals surface area contributed by atoms with Crippen molar-refractivity contribution < 1.29 is 14.3 Å². The number of fused-ring (bicyclic) bond motifs is 1. The first-order valence-electron chi connectivity index (χ1n) is 10.2. The van der Waals surface area contributed by atoms with Crippen molar-refractivity contribution in [2.75, 3.05) is 26.0 Å². The molecule has 4 rings (SSSR count). The first kappa shape index (κ1) is 21.1. The summed E-state index contributed by atoms with van der Waals surface area (Å²) >= 11 is 0. The summed E-state index contributed by atoms with van der Waals surface area (Å²) in [4.78, 5) is 30.5. The maximum absolute atomic E-state index is 12.7. The van der Waals surface area contributed by atoms with Crippen LogP contribution in [0.4, 0.5) is 5.69 Å². The number of aryl methyl sites for hydroxylation is 1. The summed E-state index contributed by atoms with van der Waals surface area (Å²) < 4.78 is 7.54. The Hall–Kier alpha value is -4.13. The average molecular weight is 428 g/mol. The van der Waals surface area contributed by atoms with E-state index < -0.39 is 0 Å². The minimum absolute atomic E-state index is 0.0816. The van der Waals surface area contributed by atoms with Gasteiger partial charge >= 0.3 is 0 Å². The number of hydrogen-bond acceptors (Lipinski definition) is 4. The van der Waals surface area contributed by atoms with Gasteiger partial charge in [0.1, 0.15) is 11.6 Å². The Morgan fingerprint density at radius 1 is 1.00 bits per heavy atom. The van der Waals surface area contributed by atoms with Crippen molar-refractivity contribution in [3.63, 3.8) is 0 Å². The molecule has 0 spiro atoms. The van der Waals surface area contributed by atoms with Gasteiger partial charge < -0.3 is 19.5 Å². The number of imidazole rings is 1. The fourth-order valence-electron chi connectivity index (χ4n) is 3.31. The van der Waals surface area contributed by atoms with E-state index in [-0.39, 0.29) is 18.4 Å². The standard InChI is InChI=1S/C25H24N4O3/c1-28(2)23(30)16-32-20-8-6-7-18(15-20)25(31)26-19-13-11-17(12-14-19)24-27-21-9-4-5-10-22(21)29(24)3/h4-15H,16H2,1-3H3,(H,26,31). The predicted octanol–water partition coefficient (Wildman–Crippen LogP) is 3.96. The molecule has 7 heteroatoms. The van der Waals surface area contributed by atoms with E-state index in [1.165, 1.54) is 4.90 Å². The average Bonchev–Trinajstić information content (AvgIpc) is 3.14. The Balaban J connectivity index is 1.45. The lowest BCUT2D eigenvalue weighted by atomic mass is 10.1. The molecule has 0 saturated carbocycles. The Morgan fingerprint density at radius 2 is 1.75 bits per heavy atom. The fraction of sp³-hybridized carbons (Fsp3) is 0.160. The molecule has 0 aliphatic carbocycles. The number of hydrogen-bond donors (Lipinski definition) is 1. The van der Waals surface area contributed by atoms with Crippen LogP contribution < -0.4 is 10.1 Å². The van der Waals surface area contributed by atoms with E-state index >= 15 is 0 Å². The summed E-state index contributed by atoms with van der Waals surface area (Å²) in [5, 5.41) is 2.89. The van der Waals surface area contributed by atoms with Crippen LogP contribution in [-0.2, 0) is 11.8 Å². The molecule has 0 aliphatic heterocycles. The first-order valence-corrected chi connectivity index (χ1v) is 10.2. The zero-order valence-corrected chi connectivity index (χ0v) is 18.2. The van der Waals surface area contributed by atoms with Crippen LogP contribution in [0.5, 0.6) is 5.75 Å². The molecule has 1 aromatic heterocycles. The summed E-state index contributed by atoms with van der Waals surface area (Å²) in [5.41, 5.74) is 4.08. The molecule has 1 N–H and O–H groups in total. The highest BCUT2D eigenvalue weighted by Gasteiger charge is 2.12. The van der Waals surface area contributed by atoms with Gasteiger partial charge in [-0.05, 0) is 54.6 Å². The number of nitrogens with zero attached hydrogens (tertiary/aromatic N) is 3. The molecule has 0 radical (unpaired) electrons. The summed E-state index contributed by atoms with van der Waals surface area (Å²) in [7, 11) is 5.32. The number of aromatic nitrogens is 2. The molecule has 7 nitrogen and oxygen atoms in total. The lowest BCUT2D eigenvalue weighted by Crippen LogP contribution is -2.27. The van der Waals surface area contributed by atoms with Crippen LogP contribution in [-0.4, -0.2) is 47.0 Å². The second kappa shape index (κ2) is 8.93. The van der Waals surface area contributed by atoms with Crippen LogP contribution in [0.3, 0.4) is 0 Å². The second-order valence-corrected chi connectivity index (χ2v) is 7.62. The number of ether oxygens (including phenoxy) is 1. The van der Waals surface area contributed by atoms with E-state index in [4.69, 9.17) is 9.72 Å². The van der Waals surface area contributed by atoms with Crippen molar-refractivity contribution in [2.45, 2.75) is 0 Å². The van der Waals surface area contributed by atoms with Crippen molar-refractivity contribution >= 4 is 28.5 Å². The highest BCUT2D eigenvalue weighted by atomic mass is 16.5. The van der Waals surface area contributed by atoms with Crippen molar-refractivity contribution in [3.8, 4) is 17.1 Å². The largest absolute Gasteiger partial charge is 0.484 e. The van der Waals surface area contributed by atoms with Crippen molar-refractivity contribution in [2.24, 2.45) is 7.05 Å². The van der Waals surface area contributed by atoms with E-state index in [9.17, 15) is 9.59 Å². The summed E-state index contributed by atoms with van der Waals surface area (Å²) in [6.07, 6.45) is 0. The van der Waals surface area contributed by atoms with Crippen LogP contribution in [0.15, 0.2) is 72.8 Å². The third kappa shape index (κ3) is 4.46. The third-order valence-electron chi connectivity index (χ3n) is 5.15. The summed E-state index contributed by atoms with van der Waals surface area (Å²) in [6, 6.07) is 22.3. The Bertz CT molecular complexity index is 1280. The van der Waals surface area contributed by atoms with E-state index in [0.29, 0.717) is 17.0 Å². The molecule has 1 heterocycles. The number of anilines is 1. The SMILES string of the molecule is CN(C)C(=O)COc1cccc(C(=O)Nc2ccc(-c3nc4ccccc4n3C)cc2)c1. The summed E-state index contributed by atoms with van der Waals surface area (Å²) in [5.74, 6) is 0.914. The number of likely N-dealkylation sites (N-methyl/N-ethyl adjacent to an activating group) is 1. The van der Waals surface area contributed by atoms with Crippen molar-refractivity contribution in [1.29, 1.82) is 0 Å². The first-order chi connectivity index (χ1) is 15.4. The van der Waals surface area contributed by atoms with Gasteiger partial charge in [0.15, 0.2) is 6.61 Å². The Kier molecular flexibility index (Phi) is 5.89. The zero-order valence-electron chi connectivity index (χ0n) is 18.2. The second-order valence-electron chi connectivity index (χ2n) is 7.62. The number of carbonyl (C=O) groups excluding carboxylic acids is 2. The molecule has 3 aromatic carbocycles. The molecule has 0 fully saturated rings. The smallest absolute Gasteiger partial charge is 0.259 e. The van der Waals surface area contributed by atoms with Gasteiger partial charge in [-0.25, -0.2) is 4.98 Å². The van der Waals surface area contributed by atoms with Gasteiger partial charge in [-0.1, -0.05) is 18.2 Å². The van der Waals surface area contributed by atoms with Gasteiger partial charge in [0, 0.05) is 38.0 Å². The number of para-hydroxylation sites is 2. The number of amides is 2. The van der Waals surface area contributed by atoms with E-state index in [2.05, 4.69) is 9.88 Å². The molecule has 4 aromatic rings. The van der Waals surface area contributed by atoms with E-state index in [0.717, 1.165) is 22.4 Å². The van der Waals surface area contributed by atoms with Gasteiger partial charge in [0.2, 0.25) is 0 Å². The van der Waals surface area contributed by atoms with Crippen LogP contribution in [0, 0.1) is 0 Å². The zero-order chi connectivity index (χ0) is 22.7. The topological polar surface area (TPSA) is 76.5 Å². The molecule has 32 heavy (non-hydrogen) atoms. The molecular weight excluding hydrogens is 404 g/mol. The molecule has 0 atom stereocenters. The Labute approximate surface area is 186 Å². The lowest BCUT2D eigenvalue weighted by Gasteiger charge is -2.12. The highest BCUT2D eigenvalue weighted by molar-refractivity contribution is 6.04. The molecular formula is C25H24N4O3. The number of rotatable bonds is 6. The number of carbonyl (C=O) groups is 2. The van der Waals surface area contributed by atoms with Gasteiger partial charge in [-0.3, -0.25) is 9.59 Å². The van der Waals surface area contributed by atoms with Crippen LogP contribution in [0.1, 0.15) is 10.4 Å². The third-order valence-corrected chi connectivity index (χ3v) is 5.15. The van der Waals surface area contributed by atoms with E-state index in [1.54, 1.807) is 38.4 Å². The molecule has 0 saturated heterocycles. The fourth-order valence-corrected chi connectivity index (χ4v) is 3.31. The summed E-state index contributed by atoms with van der Waals surface area (Å²) in [6.45, 7) is -0.0816. The molecule has 162 valence electrons. The normalized spacial score (nSPS) is 10.7. The van der Waals surface area contributed by atoms with Crippen molar-refractivity contribution in [3.05, 3.63) is 78.4 Å². The highest BCUT2D eigenvalue weighted by Crippen LogP contribution is 2.25. The van der Waals surface area contributed by atoms with Gasteiger partial charge in [-0.15, -0.1) is 0 Å². The van der Waals surface area contributed by atoms with Gasteiger partial charge in [0.25, 0.3) is 11.8 Å². The quantitative estimate of drug-likeness (QED) is 0.504. The Morgan fingerprint density at radius 3 is 2.47 bits per heavy atom. The molecule has 0 aliphatic rings. The van der Waals surface area contributed by atoms with Gasteiger partial charge in [-0.2, -0.15) is 0 Å². The monoisotopic (exact) mass is 428 g/mol. The number of benzene rings is 3. The van der Waals surface area contributed by atoms with Crippen LogP contribution in [0.2, 0.25) is 0 Å². The van der Waals surface area contributed by atoms with Crippen molar-refractivity contribution in [1.82, 2.24) is 14.5 Å². The van der Waals surface area contributed by atoms with Crippen LogP contribution >= 0.6 is 0 Å². The van der Waals surface area contributed by atoms with Crippen LogP contribution in [0.25, 0.3) is 22.4 Å². The minimum Gasteiger partial charge on any atom is -0.484 e. The van der Waals surface area contributed by atoms with E-state index in [1.807, 2.05) is 55.6 Å². The minimum atomic E-state index is -0.259. The molecule has 2 amide bonds. The predicted molar refractivity (Wildman–Crippen MR) is 125 cm³/mol. The molecule has 0 unspecified atom stereocenters. The lowest BCUT2D eigenvalue weighted by molar-refractivity contribution is -0.130. The molecule has 0 bridgehead atoms. The van der Waals surface area contributed by atoms with Gasteiger partial charge in [0.05, 0.1) is 11.0 Å². The number of nitrogens with one attached hydrogen (secondary N) is 1. The maximum Gasteiger partial charge on any atom is 0.259 e. The maximum atomic E-state index is 12.7.